The minimum absolute atomic E-state index is 0.0284. The van der Waals surface area contributed by atoms with Crippen molar-refractivity contribution in [3.8, 4) is 0 Å². The second kappa shape index (κ2) is 9.52. The number of aliphatic hydroxyl groups is 1. The summed E-state index contributed by atoms with van der Waals surface area (Å²) in [5, 5.41) is 13.6. The Morgan fingerprint density at radius 2 is 1.63 bits per heavy atom. The highest BCUT2D eigenvalue weighted by Crippen LogP contribution is 2.73. The van der Waals surface area contributed by atoms with Gasteiger partial charge in [0.2, 0.25) is 5.70 Å². The Morgan fingerprint density at radius 3 is 2.28 bits per heavy atom. The van der Waals surface area contributed by atoms with E-state index in [2.05, 4.69) is 44.8 Å². The molecule has 7 atom stereocenters. The van der Waals surface area contributed by atoms with E-state index in [1.165, 1.54) is 0 Å². The van der Waals surface area contributed by atoms with E-state index in [1.54, 1.807) is 0 Å². The van der Waals surface area contributed by atoms with E-state index in [0.29, 0.717) is 25.9 Å². The maximum atomic E-state index is 14.7. The van der Waals surface area contributed by atoms with Crippen molar-refractivity contribution in [2.75, 3.05) is 13.1 Å². The van der Waals surface area contributed by atoms with Gasteiger partial charge in [0, 0.05) is 35.4 Å². The molecule has 2 N–H and O–H groups in total. The molecule has 4 fully saturated rings. The van der Waals surface area contributed by atoms with Crippen LogP contribution in [0.3, 0.4) is 0 Å². The van der Waals surface area contributed by atoms with E-state index >= 15 is 0 Å². The number of Topliss-reactive ketones (excluding diaryl/α,β-unsaturated/α-hetero) is 1. The van der Waals surface area contributed by atoms with Crippen LogP contribution in [0.2, 0.25) is 0 Å². The summed E-state index contributed by atoms with van der Waals surface area (Å²) in [6, 6.07) is -0.0511. The van der Waals surface area contributed by atoms with Crippen molar-refractivity contribution in [2.45, 2.75) is 118 Å². The topological polar surface area (TPSA) is 91.1 Å². The first-order valence-electron chi connectivity index (χ1n) is 16.6. The number of nitrogens with one attached hydrogen (secondary N) is 1. The molecule has 5 aliphatic carbocycles. The highest BCUT2D eigenvalue weighted by molar-refractivity contribution is 6.03. The van der Waals surface area contributed by atoms with Gasteiger partial charge in [-0.05, 0) is 91.9 Å². The van der Waals surface area contributed by atoms with Crippen LogP contribution in [0.4, 0.5) is 4.79 Å². The number of carbonyl (C=O) groups is 3. The number of urea groups is 1. The van der Waals surface area contributed by atoms with Gasteiger partial charge in [-0.25, -0.2) is 9.64 Å². The van der Waals surface area contributed by atoms with Gasteiger partial charge in [-0.15, -0.1) is 0 Å². The number of nitrogens with zero attached hydrogens (tertiary/aromatic N) is 2. The number of piperidine rings is 1. The van der Waals surface area contributed by atoms with Gasteiger partial charge in [-0.1, -0.05) is 60.1 Å². The summed E-state index contributed by atoms with van der Waals surface area (Å²) < 4.78 is 0. The third kappa shape index (κ3) is 4.17. The summed E-state index contributed by atoms with van der Waals surface area (Å²) in [6.45, 7) is 24.4. The molecule has 6 rings (SSSR count). The fraction of sp³-hybridized carbons (Fsp3) is 0.778. The summed E-state index contributed by atoms with van der Waals surface area (Å²) in [7, 11) is 0. The van der Waals surface area contributed by atoms with Crippen LogP contribution in [0.5, 0.6) is 0 Å². The fourth-order valence-corrected chi connectivity index (χ4v) is 11.2. The lowest BCUT2D eigenvalue weighted by molar-refractivity contribution is -0.160. The molecule has 2 unspecified atom stereocenters. The largest absolute Gasteiger partial charge is 0.393 e. The highest BCUT2D eigenvalue weighted by atomic mass is 16.3. The van der Waals surface area contributed by atoms with Crippen LogP contribution in [-0.2, 0) is 9.59 Å². The monoisotopic (exact) mass is 589 g/mol. The Labute approximate surface area is 257 Å². The van der Waals surface area contributed by atoms with Crippen molar-refractivity contribution in [1.82, 2.24) is 10.2 Å². The standard InChI is InChI=1S/C36H51N3O4/c1-31(2)13-15-36(38-30(43)39-17-10-22(40)11-18-39)16-14-35(7)28(23(36)20-31)25(41)19-27-33(5)21-24(37-8)29(42)32(3,4)26(33)9-12-34(27,35)6/h19,21-23,26,28,40H,9-18,20H2,1-7H3,(H,38,43)/t23?,26-,28?,33-,34+,35+,36-/m0/s1. The number of rotatable bonds is 1. The van der Waals surface area contributed by atoms with E-state index in [1.807, 2.05) is 30.9 Å². The minimum atomic E-state index is -0.670. The summed E-state index contributed by atoms with van der Waals surface area (Å²) in [6.07, 6.45) is 10.9. The summed E-state index contributed by atoms with van der Waals surface area (Å²) in [5.41, 5.74) is -0.820. The van der Waals surface area contributed by atoms with E-state index in [4.69, 9.17) is 6.57 Å². The number of amides is 2. The van der Waals surface area contributed by atoms with Crippen LogP contribution >= 0.6 is 0 Å². The van der Waals surface area contributed by atoms with Crippen LogP contribution < -0.4 is 5.32 Å². The third-order valence-electron chi connectivity index (χ3n) is 13.9. The van der Waals surface area contributed by atoms with Crippen molar-refractivity contribution in [3.63, 3.8) is 0 Å². The lowest BCUT2D eigenvalue weighted by Gasteiger charge is -2.69. The molecule has 1 heterocycles. The minimum Gasteiger partial charge on any atom is -0.393 e. The van der Waals surface area contributed by atoms with Crippen LogP contribution in [0.25, 0.3) is 4.85 Å². The van der Waals surface area contributed by atoms with Crippen LogP contribution in [0, 0.1) is 51.4 Å². The molecular formula is C36H51N3O4. The first kappa shape index (κ1) is 30.6. The van der Waals surface area contributed by atoms with Crippen molar-refractivity contribution in [2.24, 2.45) is 44.8 Å². The second-order valence-electron chi connectivity index (χ2n) is 17.0. The smallest absolute Gasteiger partial charge is 0.317 e. The SMILES string of the molecule is [C-]#[N+]C1=C[C@]2(C)C3=CC(=O)C4C5CC(C)(C)CC[C@]5(NC(=O)N5CCC(O)CC5)CC[C@@]4(C)[C@]3(C)CC[C@H]2C(C)(C)C1=O. The van der Waals surface area contributed by atoms with Crippen LogP contribution in [0.1, 0.15) is 106 Å². The Hall–Kier alpha value is -2.46. The molecule has 0 radical (unpaired) electrons. The molecule has 7 nitrogen and oxygen atoms in total. The Kier molecular flexibility index (Phi) is 6.77. The first-order valence-corrected chi connectivity index (χ1v) is 16.6. The quantitative estimate of drug-likeness (QED) is 0.343. The number of carbonyl (C=O) groups excluding carboxylic acids is 3. The molecule has 43 heavy (non-hydrogen) atoms. The molecule has 2 amide bonds. The number of fused-ring (bicyclic) bond motifs is 7. The molecule has 0 aromatic rings. The third-order valence-corrected chi connectivity index (χ3v) is 13.9. The van der Waals surface area contributed by atoms with Crippen LogP contribution in [0.15, 0.2) is 23.4 Å². The summed E-state index contributed by atoms with van der Waals surface area (Å²) >= 11 is 0. The van der Waals surface area contributed by atoms with E-state index in [-0.39, 0.29) is 63.4 Å². The normalized spacial score (nSPS) is 43.6. The Balaban J connectivity index is 1.43. The molecule has 234 valence electrons. The van der Waals surface area contributed by atoms with E-state index < -0.39 is 16.4 Å². The molecule has 3 saturated carbocycles. The van der Waals surface area contributed by atoms with E-state index in [0.717, 1.165) is 50.5 Å². The zero-order valence-electron chi connectivity index (χ0n) is 27.3. The predicted molar refractivity (Wildman–Crippen MR) is 166 cm³/mol. The maximum absolute atomic E-state index is 14.7. The molecule has 7 heteroatoms. The molecule has 0 aromatic carbocycles. The first-order chi connectivity index (χ1) is 19.9. The summed E-state index contributed by atoms with van der Waals surface area (Å²) in [4.78, 5) is 47.3. The molecule has 0 spiro atoms. The molecule has 0 bridgehead atoms. The zero-order valence-corrected chi connectivity index (χ0v) is 27.3. The molecule has 1 aliphatic heterocycles. The average molecular weight is 590 g/mol. The van der Waals surface area contributed by atoms with E-state index in [9.17, 15) is 19.5 Å². The van der Waals surface area contributed by atoms with Crippen molar-refractivity contribution < 1.29 is 19.5 Å². The molecular weight excluding hydrogens is 538 g/mol. The number of aliphatic hydroxyl groups excluding tert-OH is 1. The van der Waals surface area contributed by atoms with Gasteiger partial charge in [0.05, 0.1) is 12.7 Å². The molecule has 0 aromatic heterocycles. The van der Waals surface area contributed by atoms with Crippen molar-refractivity contribution >= 4 is 17.6 Å². The fourth-order valence-electron chi connectivity index (χ4n) is 11.2. The lowest BCUT2D eigenvalue weighted by Crippen LogP contribution is -2.70. The Morgan fingerprint density at radius 1 is 0.977 bits per heavy atom. The van der Waals surface area contributed by atoms with Gasteiger partial charge in [0.1, 0.15) is 0 Å². The summed E-state index contributed by atoms with van der Waals surface area (Å²) in [5.74, 6) is -0.0666. The molecule has 1 saturated heterocycles. The van der Waals surface area contributed by atoms with Gasteiger partial charge >= 0.3 is 6.03 Å². The molecule has 6 aliphatic rings. The predicted octanol–water partition coefficient (Wildman–Crippen LogP) is 6.48. The maximum Gasteiger partial charge on any atom is 0.317 e. The number of hydrogen-bond donors (Lipinski definition) is 2. The average Bonchev–Trinajstić information content (AvgIpc) is 2.93. The van der Waals surface area contributed by atoms with Gasteiger partial charge in [0.25, 0.3) is 0 Å². The lowest BCUT2D eigenvalue weighted by atomic mass is 9.35. The van der Waals surface area contributed by atoms with Crippen molar-refractivity contribution in [3.05, 3.63) is 34.8 Å². The van der Waals surface area contributed by atoms with Crippen molar-refractivity contribution in [1.29, 1.82) is 0 Å². The number of likely N-dealkylation sites (tertiary alicyclic amines) is 1. The number of allylic oxidation sites excluding steroid dienone is 4. The Bertz CT molecular complexity index is 1360. The van der Waals surface area contributed by atoms with Gasteiger partial charge < -0.3 is 20.1 Å². The van der Waals surface area contributed by atoms with Gasteiger partial charge in [-0.3, -0.25) is 4.79 Å². The van der Waals surface area contributed by atoms with Gasteiger partial charge in [-0.2, -0.15) is 0 Å². The number of hydrogen-bond acceptors (Lipinski definition) is 4. The van der Waals surface area contributed by atoms with Gasteiger partial charge in [0.15, 0.2) is 11.6 Å². The highest BCUT2D eigenvalue weighted by Gasteiger charge is 2.70. The van der Waals surface area contributed by atoms with Crippen LogP contribution in [-0.4, -0.2) is 52.3 Å². The second-order valence-corrected chi connectivity index (χ2v) is 17.0. The number of ketones is 2. The zero-order chi connectivity index (χ0) is 31.4.